The van der Waals surface area contributed by atoms with Gasteiger partial charge in [-0.1, -0.05) is 13.8 Å². The van der Waals surface area contributed by atoms with Gasteiger partial charge < -0.3 is 9.84 Å². The van der Waals surface area contributed by atoms with Crippen LogP contribution in [0.5, 0.6) is 0 Å². The molecule has 1 atom stereocenters. The number of hydrogen-bond donors (Lipinski definition) is 1. The van der Waals surface area contributed by atoms with Crippen molar-refractivity contribution >= 4 is 0 Å². The van der Waals surface area contributed by atoms with Crippen LogP contribution in [0.2, 0.25) is 0 Å². The zero-order chi connectivity index (χ0) is 11.4. The van der Waals surface area contributed by atoms with E-state index in [-0.39, 0.29) is 12.0 Å². The van der Waals surface area contributed by atoms with Crippen LogP contribution < -0.4 is 0 Å². The van der Waals surface area contributed by atoms with Gasteiger partial charge in [-0.05, 0) is 37.5 Å². The van der Waals surface area contributed by atoms with Crippen LogP contribution in [0.3, 0.4) is 0 Å². The summed E-state index contributed by atoms with van der Waals surface area (Å²) in [5.74, 6) is 0. The second kappa shape index (κ2) is 4.96. The lowest BCUT2D eigenvalue weighted by Crippen LogP contribution is -2.40. The SMILES string of the molecule is CC1(C)CCCC(C#N)(OCCCO)C1. The van der Waals surface area contributed by atoms with E-state index in [4.69, 9.17) is 9.84 Å². The van der Waals surface area contributed by atoms with E-state index in [2.05, 4.69) is 19.9 Å². The van der Waals surface area contributed by atoms with Gasteiger partial charge in [0.2, 0.25) is 0 Å². The van der Waals surface area contributed by atoms with Crippen molar-refractivity contribution in [3.63, 3.8) is 0 Å². The summed E-state index contributed by atoms with van der Waals surface area (Å²) in [6.45, 7) is 4.99. The highest BCUT2D eigenvalue weighted by molar-refractivity contribution is 5.06. The maximum atomic E-state index is 9.24. The predicted octanol–water partition coefficient (Wildman–Crippen LogP) is 2.25. The molecule has 86 valence electrons. The molecule has 1 aliphatic rings. The van der Waals surface area contributed by atoms with Gasteiger partial charge in [-0.3, -0.25) is 0 Å². The molecule has 0 heterocycles. The standard InChI is InChI=1S/C12H21NO2/c1-11(2)5-3-6-12(9-11,10-13)15-8-4-7-14/h14H,3-9H2,1-2H3. The Morgan fingerprint density at radius 2 is 2.13 bits per heavy atom. The van der Waals surface area contributed by atoms with E-state index in [0.717, 1.165) is 19.3 Å². The highest BCUT2D eigenvalue weighted by Gasteiger charge is 2.41. The fourth-order valence-electron chi connectivity index (χ4n) is 2.39. The van der Waals surface area contributed by atoms with E-state index >= 15 is 0 Å². The number of aliphatic hydroxyl groups is 1. The Kier molecular flexibility index (Phi) is 4.12. The van der Waals surface area contributed by atoms with Crippen LogP contribution in [0.4, 0.5) is 0 Å². The van der Waals surface area contributed by atoms with Crippen LogP contribution in [-0.4, -0.2) is 23.9 Å². The van der Waals surface area contributed by atoms with Crippen molar-refractivity contribution in [1.29, 1.82) is 5.26 Å². The quantitative estimate of drug-likeness (QED) is 0.726. The third kappa shape index (κ3) is 3.48. The van der Waals surface area contributed by atoms with Gasteiger partial charge in [-0.25, -0.2) is 0 Å². The van der Waals surface area contributed by atoms with Gasteiger partial charge >= 0.3 is 0 Å². The van der Waals surface area contributed by atoms with E-state index in [1.54, 1.807) is 0 Å². The number of hydrogen-bond acceptors (Lipinski definition) is 3. The summed E-state index contributed by atoms with van der Waals surface area (Å²) in [5, 5.41) is 17.9. The molecule has 1 aliphatic carbocycles. The molecule has 0 aliphatic heterocycles. The fraction of sp³-hybridized carbons (Fsp3) is 0.917. The highest BCUT2D eigenvalue weighted by atomic mass is 16.5. The summed E-state index contributed by atoms with van der Waals surface area (Å²) >= 11 is 0. The van der Waals surface area contributed by atoms with Crippen molar-refractivity contribution in [2.45, 2.75) is 51.6 Å². The van der Waals surface area contributed by atoms with Crippen molar-refractivity contribution in [3.8, 4) is 6.07 Å². The topological polar surface area (TPSA) is 53.2 Å². The maximum Gasteiger partial charge on any atom is 0.154 e. The van der Waals surface area contributed by atoms with Crippen molar-refractivity contribution in [2.24, 2.45) is 5.41 Å². The molecule has 3 nitrogen and oxygen atoms in total. The number of nitrogens with zero attached hydrogens (tertiary/aromatic N) is 1. The molecule has 1 saturated carbocycles. The van der Waals surface area contributed by atoms with Gasteiger partial charge in [0.1, 0.15) is 0 Å². The Morgan fingerprint density at radius 3 is 2.67 bits per heavy atom. The van der Waals surface area contributed by atoms with E-state index < -0.39 is 5.60 Å². The molecule has 0 radical (unpaired) electrons. The number of ether oxygens (including phenoxy) is 1. The zero-order valence-corrected chi connectivity index (χ0v) is 9.75. The number of aliphatic hydroxyl groups excluding tert-OH is 1. The molecule has 0 saturated heterocycles. The van der Waals surface area contributed by atoms with Gasteiger partial charge in [0.15, 0.2) is 5.60 Å². The fourth-order valence-corrected chi connectivity index (χ4v) is 2.39. The van der Waals surface area contributed by atoms with E-state index in [9.17, 15) is 5.26 Å². The molecule has 15 heavy (non-hydrogen) atoms. The minimum absolute atomic E-state index is 0.130. The number of nitriles is 1. The summed E-state index contributed by atoms with van der Waals surface area (Å²) in [6, 6.07) is 2.33. The van der Waals surface area contributed by atoms with Gasteiger partial charge in [0, 0.05) is 6.61 Å². The van der Waals surface area contributed by atoms with E-state index in [0.29, 0.717) is 13.0 Å². The largest absolute Gasteiger partial charge is 0.396 e. The van der Waals surface area contributed by atoms with Crippen molar-refractivity contribution in [3.05, 3.63) is 0 Å². The van der Waals surface area contributed by atoms with Crippen LogP contribution in [-0.2, 0) is 4.74 Å². The van der Waals surface area contributed by atoms with Crippen molar-refractivity contribution in [2.75, 3.05) is 13.2 Å². The lowest BCUT2D eigenvalue weighted by atomic mass is 9.70. The molecule has 1 N–H and O–H groups in total. The maximum absolute atomic E-state index is 9.24. The van der Waals surface area contributed by atoms with Crippen molar-refractivity contribution < 1.29 is 9.84 Å². The minimum atomic E-state index is -0.600. The first-order valence-corrected chi connectivity index (χ1v) is 5.70. The second-order valence-electron chi connectivity index (χ2n) is 5.23. The van der Waals surface area contributed by atoms with Gasteiger partial charge in [0.25, 0.3) is 0 Å². The van der Waals surface area contributed by atoms with Gasteiger partial charge in [-0.2, -0.15) is 5.26 Å². The number of rotatable bonds is 4. The molecule has 0 amide bonds. The predicted molar refractivity (Wildman–Crippen MR) is 58.2 cm³/mol. The van der Waals surface area contributed by atoms with Crippen LogP contribution in [0, 0.1) is 16.7 Å². The molecule has 1 unspecified atom stereocenters. The molecular formula is C12H21NO2. The van der Waals surface area contributed by atoms with Crippen LogP contribution >= 0.6 is 0 Å². The molecule has 0 aromatic rings. The van der Waals surface area contributed by atoms with E-state index in [1.165, 1.54) is 6.42 Å². The summed E-state index contributed by atoms with van der Waals surface area (Å²) in [5.41, 5.74) is -0.399. The van der Waals surface area contributed by atoms with Gasteiger partial charge in [-0.15, -0.1) is 0 Å². The van der Waals surface area contributed by atoms with Crippen LogP contribution in [0.1, 0.15) is 46.0 Å². The Hall–Kier alpha value is -0.590. The third-order valence-corrected chi connectivity index (χ3v) is 3.08. The Bertz CT molecular complexity index is 244. The van der Waals surface area contributed by atoms with E-state index in [1.807, 2.05) is 0 Å². The molecule has 3 heteroatoms. The molecular weight excluding hydrogens is 190 g/mol. The lowest BCUT2D eigenvalue weighted by molar-refractivity contribution is -0.0614. The summed E-state index contributed by atoms with van der Waals surface area (Å²) in [4.78, 5) is 0. The molecule has 0 aromatic heterocycles. The van der Waals surface area contributed by atoms with Gasteiger partial charge in [0.05, 0.1) is 12.7 Å². The first-order valence-electron chi connectivity index (χ1n) is 5.70. The molecule has 0 spiro atoms. The average molecular weight is 211 g/mol. The Morgan fingerprint density at radius 1 is 1.40 bits per heavy atom. The normalized spacial score (nSPS) is 29.7. The lowest BCUT2D eigenvalue weighted by Gasteiger charge is -2.40. The first-order chi connectivity index (χ1) is 7.04. The Balaban J connectivity index is 2.56. The molecule has 0 bridgehead atoms. The van der Waals surface area contributed by atoms with Crippen LogP contribution in [0.15, 0.2) is 0 Å². The summed E-state index contributed by atoms with van der Waals surface area (Å²) in [7, 11) is 0. The molecule has 0 aromatic carbocycles. The first kappa shape index (κ1) is 12.5. The smallest absolute Gasteiger partial charge is 0.154 e. The van der Waals surface area contributed by atoms with Crippen LogP contribution in [0.25, 0.3) is 0 Å². The van der Waals surface area contributed by atoms with Crippen molar-refractivity contribution in [1.82, 2.24) is 0 Å². The summed E-state index contributed by atoms with van der Waals surface area (Å²) in [6.07, 6.45) is 4.48. The third-order valence-electron chi connectivity index (χ3n) is 3.08. The molecule has 1 rings (SSSR count). The average Bonchev–Trinajstić information content (AvgIpc) is 2.17. The monoisotopic (exact) mass is 211 g/mol. The molecule has 1 fully saturated rings. The zero-order valence-electron chi connectivity index (χ0n) is 9.75. The minimum Gasteiger partial charge on any atom is -0.396 e. The summed E-state index contributed by atoms with van der Waals surface area (Å²) < 4.78 is 5.67. The Labute approximate surface area is 92.0 Å². The second-order valence-corrected chi connectivity index (χ2v) is 5.23. The highest BCUT2D eigenvalue weighted by Crippen LogP contribution is 2.42.